The minimum absolute atomic E-state index is 0.272. The van der Waals surface area contributed by atoms with Crippen molar-refractivity contribution in [1.29, 1.82) is 0 Å². The summed E-state index contributed by atoms with van der Waals surface area (Å²) in [5.41, 5.74) is 6.60. The molecule has 2 saturated carbocycles. The molecule has 0 spiro atoms. The largest absolute Gasteiger partial charge is 0.457 e. The van der Waals surface area contributed by atoms with Crippen LogP contribution in [0.1, 0.15) is 107 Å². The fourth-order valence-corrected chi connectivity index (χ4v) is 6.75. The minimum Gasteiger partial charge on any atom is -0.457 e. The highest BCUT2D eigenvalue weighted by Gasteiger charge is 2.31. The van der Waals surface area contributed by atoms with Crippen LogP contribution >= 0.6 is 0 Å². The van der Waals surface area contributed by atoms with Crippen molar-refractivity contribution in [3.63, 3.8) is 0 Å². The molecule has 3 heteroatoms. The molecule has 0 radical (unpaired) electrons. The maximum Gasteiger partial charge on any atom is 0.333 e. The number of hydrogen-bond acceptors (Lipinski definition) is 3. The SMILES string of the molecule is C=C(C)C(=O)OCc1cc(CCCCC)ccc1-c1ccc(C2CCC(C3CCC(CO)CC3)CC2)cc1. The summed E-state index contributed by atoms with van der Waals surface area (Å²) in [5.74, 6) is 2.64. The number of ether oxygens (including phenoxy) is 1. The summed E-state index contributed by atoms with van der Waals surface area (Å²) >= 11 is 0. The van der Waals surface area contributed by atoms with Gasteiger partial charge in [-0.15, -0.1) is 0 Å². The molecule has 4 rings (SSSR count). The number of aryl methyl sites for hydroxylation is 1. The Labute approximate surface area is 230 Å². The molecule has 0 saturated heterocycles. The van der Waals surface area contributed by atoms with E-state index in [-0.39, 0.29) is 12.6 Å². The topological polar surface area (TPSA) is 46.5 Å². The molecule has 2 aromatic carbocycles. The van der Waals surface area contributed by atoms with E-state index in [0.29, 0.717) is 24.0 Å². The highest BCUT2D eigenvalue weighted by molar-refractivity contribution is 5.87. The molecule has 2 fully saturated rings. The first-order valence-electron chi connectivity index (χ1n) is 15.1. The van der Waals surface area contributed by atoms with Crippen LogP contribution in [-0.4, -0.2) is 17.7 Å². The molecule has 0 amide bonds. The lowest BCUT2D eigenvalue weighted by Gasteiger charge is -2.37. The van der Waals surface area contributed by atoms with E-state index in [1.165, 1.54) is 87.3 Å². The average Bonchev–Trinajstić information content (AvgIpc) is 2.96. The lowest BCUT2D eigenvalue weighted by Crippen LogP contribution is -2.26. The Kier molecular flexibility index (Phi) is 10.6. The summed E-state index contributed by atoms with van der Waals surface area (Å²) in [4.78, 5) is 12.1. The predicted molar refractivity (Wildman–Crippen MR) is 157 cm³/mol. The van der Waals surface area contributed by atoms with E-state index >= 15 is 0 Å². The van der Waals surface area contributed by atoms with Gasteiger partial charge >= 0.3 is 5.97 Å². The van der Waals surface area contributed by atoms with E-state index in [1.807, 2.05) is 0 Å². The van der Waals surface area contributed by atoms with Crippen molar-refractivity contribution in [2.24, 2.45) is 17.8 Å². The molecular formula is C35H48O3. The van der Waals surface area contributed by atoms with Crippen molar-refractivity contribution < 1.29 is 14.6 Å². The zero-order valence-electron chi connectivity index (χ0n) is 23.7. The molecule has 0 bridgehead atoms. The monoisotopic (exact) mass is 516 g/mol. The number of esters is 1. The lowest BCUT2D eigenvalue weighted by atomic mass is 9.68. The van der Waals surface area contributed by atoms with Crippen molar-refractivity contribution in [3.8, 4) is 11.1 Å². The number of unbranched alkanes of at least 4 members (excludes halogenated alkanes) is 2. The zero-order chi connectivity index (χ0) is 26.9. The van der Waals surface area contributed by atoms with Gasteiger partial charge in [0, 0.05) is 12.2 Å². The highest BCUT2D eigenvalue weighted by Crippen LogP contribution is 2.44. The summed E-state index contributed by atoms with van der Waals surface area (Å²) in [6.07, 6.45) is 15.0. The Morgan fingerprint density at radius 3 is 2.18 bits per heavy atom. The van der Waals surface area contributed by atoms with Crippen LogP contribution in [0.25, 0.3) is 11.1 Å². The van der Waals surface area contributed by atoms with E-state index in [1.54, 1.807) is 6.92 Å². The van der Waals surface area contributed by atoms with E-state index in [4.69, 9.17) is 4.74 Å². The minimum atomic E-state index is -0.334. The molecule has 0 unspecified atom stereocenters. The van der Waals surface area contributed by atoms with Gasteiger partial charge in [-0.25, -0.2) is 4.79 Å². The standard InChI is InChI=1S/C35H48O3/c1-4-5-6-7-26-10-21-34(33(22-26)24-38-35(37)25(2)3)32-19-17-31(18-20-32)30-15-13-29(14-16-30)28-11-8-27(23-36)9-12-28/h10,17-22,27-30,36H,2,4-9,11-16,23-24H2,1,3H3. The van der Waals surface area contributed by atoms with Crippen LogP contribution in [0, 0.1) is 17.8 Å². The third kappa shape index (κ3) is 7.59. The van der Waals surface area contributed by atoms with Crippen molar-refractivity contribution in [2.75, 3.05) is 6.61 Å². The normalized spacial score (nSPS) is 23.7. The second-order valence-electron chi connectivity index (χ2n) is 12.0. The molecule has 2 aliphatic rings. The van der Waals surface area contributed by atoms with Crippen LogP contribution in [0.5, 0.6) is 0 Å². The van der Waals surface area contributed by atoms with Gasteiger partial charge in [-0.2, -0.15) is 0 Å². The summed E-state index contributed by atoms with van der Waals surface area (Å²) in [6.45, 7) is 8.29. The fourth-order valence-electron chi connectivity index (χ4n) is 6.75. The van der Waals surface area contributed by atoms with Crippen LogP contribution in [-0.2, 0) is 22.6 Å². The zero-order valence-corrected chi connectivity index (χ0v) is 23.7. The van der Waals surface area contributed by atoms with Gasteiger partial charge < -0.3 is 9.84 Å². The lowest BCUT2D eigenvalue weighted by molar-refractivity contribution is -0.140. The van der Waals surface area contributed by atoms with E-state index in [9.17, 15) is 9.90 Å². The Hall–Kier alpha value is -2.39. The van der Waals surface area contributed by atoms with Crippen LogP contribution in [0.15, 0.2) is 54.6 Å². The number of benzene rings is 2. The van der Waals surface area contributed by atoms with Crippen LogP contribution in [0.2, 0.25) is 0 Å². The van der Waals surface area contributed by atoms with Crippen molar-refractivity contribution in [2.45, 2.75) is 103 Å². The van der Waals surface area contributed by atoms with E-state index in [2.05, 4.69) is 56.0 Å². The van der Waals surface area contributed by atoms with Gasteiger partial charge in [0.05, 0.1) is 0 Å². The van der Waals surface area contributed by atoms with Gasteiger partial charge in [0.25, 0.3) is 0 Å². The summed E-state index contributed by atoms with van der Waals surface area (Å²) in [7, 11) is 0. The molecule has 206 valence electrons. The molecule has 0 atom stereocenters. The molecule has 2 aromatic rings. The maximum absolute atomic E-state index is 12.1. The Morgan fingerprint density at radius 1 is 0.921 bits per heavy atom. The van der Waals surface area contributed by atoms with Gasteiger partial charge in [-0.05, 0) is 123 Å². The molecule has 2 aliphatic carbocycles. The molecule has 0 heterocycles. The molecule has 38 heavy (non-hydrogen) atoms. The second kappa shape index (κ2) is 14.1. The first-order valence-corrected chi connectivity index (χ1v) is 15.1. The molecular weight excluding hydrogens is 468 g/mol. The molecule has 0 aromatic heterocycles. The summed E-state index contributed by atoms with van der Waals surface area (Å²) in [5, 5.41) is 9.45. The van der Waals surface area contributed by atoms with Crippen molar-refractivity contribution in [3.05, 3.63) is 71.3 Å². The van der Waals surface area contributed by atoms with Gasteiger partial charge in [0.15, 0.2) is 0 Å². The maximum atomic E-state index is 12.1. The van der Waals surface area contributed by atoms with Gasteiger partial charge in [-0.3, -0.25) is 0 Å². The number of carbonyl (C=O) groups is 1. The van der Waals surface area contributed by atoms with E-state index < -0.39 is 0 Å². The van der Waals surface area contributed by atoms with Gasteiger partial charge in [0.1, 0.15) is 6.61 Å². The highest BCUT2D eigenvalue weighted by atomic mass is 16.5. The fraction of sp³-hybridized carbons (Fsp3) is 0.571. The van der Waals surface area contributed by atoms with Crippen LogP contribution < -0.4 is 0 Å². The van der Waals surface area contributed by atoms with Crippen LogP contribution in [0.3, 0.4) is 0 Å². The third-order valence-electron chi connectivity index (χ3n) is 9.23. The van der Waals surface area contributed by atoms with E-state index in [0.717, 1.165) is 29.4 Å². The number of rotatable bonds is 11. The average molecular weight is 517 g/mol. The van der Waals surface area contributed by atoms with Gasteiger partial charge in [-0.1, -0.05) is 68.8 Å². The van der Waals surface area contributed by atoms with Crippen molar-refractivity contribution >= 4 is 5.97 Å². The number of carbonyl (C=O) groups excluding carboxylic acids is 1. The first-order chi connectivity index (χ1) is 18.5. The molecule has 0 aliphatic heterocycles. The van der Waals surface area contributed by atoms with Crippen LogP contribution in [0.4, 0.5) is 0 Å². The number of aliphatic hydroxyl groups is 1. The van der Waals surface area contributed by atoms with Crippen molar-refractivity contribution in [1.82, 2.24) is 0 Å². The second-order valence-corrected chi connectivity index (χ2v) is 12.0. The molecule has 1 N–H and O–H groups in total. The Balaban J connectivity index is 1.40. The molecule has 3 nitrogen and oxygen atoms in total. The Morgan fingerprint density at radius 2 is 1.58 bits per heavy atom. The number of hydrogen-bond donors (Lipinski definition) is 1. The third-order valence-corrected chi connectivity index (χ3v) is 9.23. The summed E-state index contributed by atoms with van der Waals surface area (Å²) < 4.78 is 5.57. The quantitative estimate of drug-likeness (QED) is 0.184. The summed E-state index contributed by atoms with van der Waals surface area (Å²) in [6, 6.07) is 15.8. The first kappa shape index (κ1) is 28.6. The van der Waals surface area contributed by atoms with Gasteiger partial charge in [0.2, 0.25) is 0 Å². The number of aliphatic hydroxyl groups excluding tert-OH is 1. The Bertz CT molecular complexity index is 1040. The predicted octanol–water partition coefficient (Wildman–Crippen LogP) is 8.78. The smallest absolute Gasteiger partial charge is 0.333 e.